The Morgan fingerprint density at radius 1 is 1.20 bits per heavy atom. The molecule has 0 aromatic carbocycles. The molecule has 0 amide bonds. The predicted molar refractivity (Wildman–Crippen MR) is 70.2 cm³/mol. The molecule has 3 nitrogen and oxygen atoms in total. The first-order chi connectivity index (χ1) is 9.49. The monoisotopic (exact) mass is 285 g/mol. The van der Waals surface area contributed by atoms with Crippen LogP contribution in [0.15, 0.2) is 12.1 Å². The van der Waals surface area contributed by atoms with Crippen molar-refractivity contribution in [3.63, 3.8) is 0 Å². The van der Waals surface area contributed by atoms with Crippen LogP contribution in [0.3, 0.4) is 0 Å². The van der Waals surface area contributed by atoms with Crippen LogP contribution < -0.4 is 10.6 Å². The zero-order chi connectivity index (χ0) is 14.3. The lowest BCUT2D eigenvalue weighted by atomic mass is 10.0. The highest BCUT2D eigenvalue weighted by Crippen LogP contribution is 2.40. The van der Waals surface area contributed by atoms with Crippen LogP contribution in [0.5, 0.6) is 0 Å². The van der Waals surface area contributed by atoms with E-state index in [2.05, 4.69) is 4.98 Å². The molecule has 1 aromatic heterocycles. The van der Waals surface area contributed by atoms with E-state index in [9.17, 15) is 13.2 Å². The third-order valence-corrected chi connectivity index (χ3v) is 4.49. The van der Waals surface area contributed by atoms with Gasteiger partial charge in [0.15, 0.2) is 0 Å². The summed E-state index contributed by atoms with van der Waals surface area (Å²) >= 11 is 0. The molecule has 2 aliphatic rings. The normalized spacial score (nSPS) is 26.1. The fourth-order valence-electron chi connectivity index (χ4n) is 3.48. The Kier molecular flexibility index (Phi) is 3.36. The lowest BCUT2D eigenvalue weighted by Gasteiger charge is -2.22. The molecule has 1 aliphatic carbocycles. The van der Waals surface area contributed by atoms with Crippen LogP contribution >= 0.6 is 0 Å². The van der Waals surface area contributed by atoms with Gasteiger partial charge in [-0.25, -0.2) is 4.98 Å². The number of halogens is 3. The van der Waals surface area contributed by atoms with E-state index in [-0.39, 0.29) is 6.54 Å². The average Bonchev–Trinajstić information content (AvgIpc) is 2.97. The van der Waals surface area contributed by atoms with Gasteiger partial charge in [-0.1, -0.05) is 12.5 Å². The predicted octanol–water partition coefficient (Wildman–Crippen LogP) is 2.80. The minimum absolute atomic E-state index is 0.215. The van der Waals surface area contributed by atoms with Gasteiger partial charge >= 0.3 is 6.18 Å². The van der Waals surface area contributed by atoms with Gasteiger partial charge in [0.1, 0.15) is 11.5 Å². The van der Waals surface area contributed by atoms with Crippen molar-refractivity contribution in [1.82, 2.24) is 4.98 Å². The molecule has 0 spiro atoms. The molecular weight excluding hydrogens is 267 g/mol. The zero-order valence-corrected chi connectivity index (χ0v) is 11.2. The summed E-state index contributed by atoms with van der Waals surface area (Å²) in [6.45, 7) is 1.84. The third-order valence-electron chi connectivity index (χ3n) is 4.49. The van der Waals surface area contributed by atoms with E-state index in [0.717, 1.165) is 19.2 Å². The maximum atomic E-state index is 12.8. The molecule has 1 aliphatic heterocycles. The second-order valence-electron chi connectivity index (χ2n) is 5.74. The van der Waals surface area contributed by atoms with Crippen molar-refractivity contribution in [3.05, 3.63) is 23.4 Å². The lowest BCUT2D eigenvalue weighted by Crippen LogP contribution is -2.25. The molecule has 1 aromatic rings. The number of nitrogens with two attached hydrogens (primary N) is 1. The van der Waals surface area contributed by atoms with Gasteiger partial charge < -0.3 is 10.6 Å². The summed E-state index contributed by atoms with van der Waals surface area (Å²) in [4.78, 5) is 5.84. The van der Waals surface area contributed by atoms with Crippen LogP contribution in [0.1, 0.15) is 30.5 Å². The van der Waals surface area contributed by atoms with Crippen molar-refractivity contribution >= 4 is 5.82 Å². The number of pyridine rings is 1. The van der Waals surface area contributed by atoms with Crippen molar-refractivity contribution in [3.8, 4) is 0 Å². The average molecular weight is 285 g/mol. The fourth-order valence-corrected chi connectivity index (χ4v) is 3.48. The zero-order valence-electron chi connectivity index (χ0n) is 11.2. The van der Waals surface area contributed by atoms with Gasteiger partial charge in [-0.15, -0.1) is 0 Å². The van der Waals surface area contributed by atoms with E-state index >= 15 is 0 Å². The minimum Gasteiger partial charge on any atom is -0.356 e. The second kappa shape index (κ2) is 4.91. The number of fused-ring (bicyclic) bond motifs is 1. The smallest absolute Gasteiger partial charge is 0.356 e. The number of hydrogen-bond donors (Lipinski definition) is 1. The maximum absolute atomic E-state index is 12.8. The molecule has 1 saturated heterocycles. The highest BCUT2D eigenvalue weighted by Gasteiger charge is 2.38. The molecule has 20 heavy (non-hydrogen) atoms. The summed E-state index contributed by atoms with van der Waals surface area (Å²) in [5.41, 5.74) is 5.51. The number of hydrogen-bond acceptors (Lipinski definition) is 3. The molecule has 2 fully saturated rings. The van der Waals surface area contributed by atoms with Gasteiger partial charge in [-0.05, 0) is 30.7 Å². The van der Waals surface area contributed by atoms with E-state index in [1.165, 1.54) is 25.3 Å². The van der Waals surface area contributed by atoms with E-state index in [1.54, 1.807) is 0 Å². The van der Waals surface area contributed by atoms with E-state index < -0.39 is 11.9 Å². The SMILES string of the molecule is NCc1ccc(C(F)(F)F)nc1N1CC2CCCC2C1. The maximum Gasteiger partial charge on any atom is 0.433 e. The number of alkyl halides is 3. The molecule has 0 radical (unpaired) electrons. The standard InChI is InChI=1S/C14H18F3N3/c15-14(16,17)12-5-4-9(6-18)13(19-12)20-7-10-2-1-3-11(10)8-20/h4-5,10-11H,1-3,6-8,18H2. The van der Waals surface area contributed by atoms with Gasteiger partial charge in [0, 0.05) is 25.2 Å². The van der Waals surface area contributed by atoms with Crippen molar-refractivity contribution in [2.45, 2.75) is 32.0 Å². The van der Waals surface area contributed by atoms with Crippen LogP contribution in [0.4, 0.5) is 19.0 Å². The molecule has 6 heteroatoms. The van der Waals surface area contributed by atoms with Crippen LogP contribution in [-0.4, -0.2) is 18.1 Å². The number of aromatic nitrogens is 1. The summed E-state index contributed by atoms with van der Waals surface area (Å²) in [5, 5.41) is 0. The second-order valence-corrected chi connectivity index (χ2v) is 5.74. The highest BCUT2D eigenvalue weighted by molar-refractivity contribution is 5.49. The molecule has 2 N–H and O–H groups in total. The molecule has 3 rings (SSSR count). The molecule has 2 heterocycles. The number of rotatable bonds is 2. The number of nitrogens with zero attached hydrogens (tertiary/aromatic N) is 2. The molecule has 2 unspecified atom stereocenters. The van der Waals surface area contributed by atoms with Crippen LogP contribution in [-0.2, 0) is 12.7 Å². The summed E-state index contributed by atoms with van der Waals surface area (Å²) in [5.74, 6) is 1.64. The Labute approximate surface area is 116 Å². The molecule has 0 bridgehead atoms. The Morgan fingerprint density at radius 2 is 1.85 bits per heavy atom. The molecule has 110 valence electrons. The molecular formula is C14H18F3N3. The van der Waals surface area contributed by atoms with Crippen LogP contribution in [0, 0.1) is 11.8 Å². The van der Waals surface area contributed by atoms with Gasteiger partial charge in [0.2, 0.25) is 0 Å². The van der Waals surface area contributed by atoms with E-state index in [0.29, 0.717) is 23.2 Å². The first kappa shape index (κ1) is 13.7. The number of anilines is 1. The summed E-state index contributed by atoms with van der Waals surface area (Å²) in [7, 11) is 0. The summed E-state index contributed by atoms with van der Waals surface area (Å²) < 4.78 is 38.4. The van der Waals surface area contributed by atoms with Crippen molar-refractivity contribution in [2.24, 2.45) is 17.6 Å². The largest absolute Gasteiger partial charge is 0.433 e. The Balaban J connectivity index is 1.91. The van der Waals surface area contributed by atoms with Gasteiger partial charge in [-0.3, -0.25) is 0 Å². The Bertz CT molecular complexity index is 489. The van der Waals surface area contributed by atoms with E-state index in [4.69, 9.17) is 5.73 Å². The first-order valence-corrected chi connectivity index (χ1v) is 7.01. The molecule has 2 atom stereocenters. The van der Waals surface area contributed by atoms with E-state index in [1.807, 2.05) is 4.90 Å². The van der Waals surface area contributed by atoms with Gasteiger partial charge in [-0.2, -0.15) is 13.2 Å². The minimum atomic E-state index is -4.41. The van der Waals surface area contributed by atoms with Crippen molar-refractivity contribution < 1.29 is 13.2 Å². The van der Waals surface area contributed by atoms with Gasteiger partial charge in [0.25, 0.3) is 0 Å². The highest BCUT2D eigenvalue weighted by atomic mass is 19.4. The Hall–Kier alpha value is -1.30. The third kappa shape index (κ3) is 2.37. The van der Waals surface area contributed by atoms with Crippen molar-refractivity contribution in [1.29, 1.82) is 0 Å². The van der Waals surface area contributed by atoms with Gasteiger partial charge in [0.05, 0.1) is 0 Å². The Morgan fingerprint density at radius 3 is 2.40 bits per heavy atom. The van der Waals surface area contributed by atoms with Crippen LogP contribution in [0.2, 0.25) is 0 Å². The quantitative estimate of drug-likeness (QED) is 0.908. The topological polar surface area (TPSA) is 42.1 Å². The molecule has 1 saturated carbocycles. The lowest BCUT2D eigenvalue weighted by molar-refractivity contribution is -0.141. The van der Waals surface area contributed by atoms with Crippen LogP contribution in [0.25, 0.3) is 0 Å². The first-order valence-electron chi connectivity index (χ1n) is 7.01. The summed E-state index contributed by atoms with van der Waals surface area (Å²) in [6, 6.07) is 2.47. The fraction of sp³-hybridized carbons (Fsp3) is 0.643. The summed E-state index contributed by atoms with van der Waals surface area (Å²) in [6.07, 6.45) is -0.809. The van der Waals surface area contributed by atoms with Crippen molar-refractivity contribution in [2.75, 3.05) is 18.0 Å².